The van der Waals surface area contributed by atoms with Crippen LogP contribution in [-0.4, -0.2) is 9.59 Å². The molecule has 9 heavy (non-hydrogen) atoms. The second-order valence-electron chi connectivity index (χ2n) is 1.70. The average Bonchev–Trinajstić information content (AvgIpc) is 2.33. The molecular weight excluding hydrogens is 134 g/mol. The third kappa shape index (κ3) is 1.25. The van der Waals surface area contributed by atoms with E-state index in [0.717, 1.165) is 17.0 Å². The van der Waals surface area contributed by atoms with Crippen LogP contribution in [0.5, 0.6) is 0 Å². The van der Waals surface area contributed by atoms with Crippen LogP contribution in [0, 0.1) is 0 Å². The molecule has 0 saturated carbocycles. The van der Waals surface area contributed by atoms with Crippen molar-refractivity contribution in [2.24, 2.45) is 5.73 Å². The van der Waals surface area contributed by atoms with Crippen molar-refractivity contribution in [2.45, 2.75) is 19.9 Å². The number of aromatic nitrogens is 2. The fraction of sp³-hybridized carbons (Fsp3) is 0.600. The zero-order valence-electron chi connectivity index (χ0n) is 5.29. The van der Waals surface area contributed by atoms with E-state index in [4.69, 9.17) is 5.73 Å². The predicted molar refractivity (Wildman–Crippen MR) is 37.2 cm³/mol. The van der Waals surface area contributed by atoms with E-state index in [-0.39, 0.29) is 0 Å². The summed E-state index contributed by atoms with van der Waals surface area (Å²) in [6, 6.07) is 0. The van der Waals surface area contributed by atoms with Gasteiger partial charge in [-0.05, 0) is 18.0 Å². The molecule has 0 fully saturated rings. The highest BCUT2D eigenvalue weighted by molar-refractivity contribution is 7.05. The van der Waals surface area contributed by atoms with Crippen molar-refractivity contribution in [1.82, 2.24) is 9.59 Å². The van der Waals surface area contributed by atoms with Gasteiger partial charge in [0, 0.05) is 6.54 Å². The largest absolute Gasteiger partial charge is 0.326 e. The van der Waals surface area contributed by atoms with Gasteiger partial charge in [-0.25, -0.2) is 0 Å². The summed E-state index contributed by atoms with van der Waals surface area (Å²) in [5, 5.41) is 3.89. The summed E-state index contributed by atoms with van der Waals surface area (Å²) in [5.41, 5.74) is 6.45. The molecule has 50 valence electrons. The van der Waals surface area contributed by atoms with Gasteiger partial charge in [0.05, 0.1) is 10.6 Å². The van der Waals surface area contributed by atoms with E-state index in [1.54, 1.807) is 0 Å². The summed E-state index contributed by atoms with van der Waals surface area (Å²) in [6.07, 6.45) is 0.934. The molecule has 0 amide bonds. The molecule has 1 heterocycles. The molecule has 0 bridgehead atoms. The third-order valence-corrected chi connectivity index (χ3v) is 1.94. The lowest BCUT2D eigenvalue weighted by atomic mass is 10.3. The number of hydrogen-bond acceptors (Lipinski definition) is 4. The molecule has 1 aromatic rings. The van der Waals surface area contributed by atoms with Crippen molar-refractivity contribution in [1.29, 1.82) is 0 Å². The van der Waals surface area contributed by atoms with E-state index in [1.807, 2.05) is 0 Å². The maximum Gasteiger partial charge on any atom is 0.0797 e. The molecule has 2 N–H and O–H groups in total. The lowest BCUT2D eigenvalue weighted by molar-refractivity contribution is 0.949. The van der Waals surface area contributed by atoms with Gasteiger partial charge in [-0.1, -0.05) is 11.4 Å². The van der Waals surface area contributed by atoms with E-state index in [2.05, 4.69) is 16.5 Å². The zero-order valence-corrected chi connectivity index (χ0v) is 6.11. The van der Waals surface area contributed by atoms with Crippen molar-refractivity contribution in [3.63, 3.8) is 0 Å². The molecule has 0 atom stereocenters. The number of hydrogen-bond donors (Lipinski definition) is 1. The highest BCUT2D eigenvalue weighted by Crippen LogP contribution is 2.08. The number of rotatable bonds is 2. The Morgan fingerprint density at radius 2 is 2.44 bits per heavy atom. The Hall–Kier alpha value is -0.480. The van der Waals surface area contributed by atoms with Crippen molar-refractivity contribution in [2.75, 3.05) is 0 Å². The van der Waals surface area contributed by atoms with Crippen LogP contribution in [0.2, 0.25) is 0 Å². The minimum Gasteiger partial charge on any atom is -0.326 e. The average molecular weight is 143 g/mol. The van der Waals surface area contributed by atoms with Crippen molar-refractivity contribution >= 4 is 11.5 Å². The maximum atomic E-state index is 5.40. The lowest BCUT2D eigenvalue weighted by Crippen LogP contribution is -1.96. The number of nitrogens with two attached hydrogens (primary N) is 1. The quantitative estimate of drug-likeness (QED) is 0.658. The van der Waals surface area contributed by atoms with Gasteiger partial charge in [0.2, 0.25) is 0 Å². The summed E-state index contributed by atoms with van der Waals surface area (Å²) in [7, 11) is 0. The number of aryl methyl sites for hydroxylation is 1. The van der Waals surface area contributed by atoms with Gasteiger partial charge in [-0.3, -0.25) is 0 Å². The maximum absolute atomic E-state index is 5.40. The first-order valence-electron chi connectivity index (χ1n) is 2.88. The standard InChI is InChI=1S/C5H9N3S/c1-2-4-5(3-6)9-8-7-4/h2-3,6H2,1H3. The van der Waals surface area contributed by atoms with Crippen molar-refractivity contribution in [3.05, 3.63) is 10.6 Å². The first-order valence-corrected chi connectivity index (χ1v) is 3.66. The van der Waals surface area contributed by atoms with Gasteiger partial charge < -0.3 is 5.73 Å². The van der Waals surface area contributed by atoms with Gasteiger partial charge >= 0.3 is 0 Å². The molecule has 3 nitrogen and oxygen atoms in total. The topological polar surface area (TPSA) is 51.8 Å². The molecule has 1 aromatic heterocycles. The Bertz CT molecular complexity index is 166. The predicted octanol–water partition coefficient (Wildman–Crippen LogP) is 0.559. The normalized spacial score (nSPS) is 10.0. The van der Waals surface area contributed by atoms with Crippen molar-refractivity contribution < 1.29 is 0 Å². The molecule has 0 saturated heterocycles. The minimum absolute atomic E-state index is 0.570. The van der Waals surface area contributed by atoms with E-state index < -0.39 is 0 Å². The molecule has 0 unspecified atom stereocenters. The van der Waals surface area contributed by atoms with Gasteiger partial charge in [0.25, 0.3) is 0 Å². The molecule has 0 radical (unpaired) electrons. The van der Waals surface area contributed by atoms with Crippen LogP contribution < -0.4 is 5.73 Å². The van der Waals surface area contributed by atoms with Crippen LogP contribution in [-0.2, 0) is 13.0 Å². The fourth-order valence-electron chi connectivity index (χ4n) is 0.650. The summed E-state index contributed by atoms with van der Waals surface area (Å²) in [6.45, 7) is 2.62. The van der Waals surface area contributed by atoms with Crippen LogP contribution in [0.1, 0.15) is 17.5 Å². The van der Waals surface area contributed by atoms with E-state index in [1.165, 1.54) is 11.5 Å². The smallest absolute Gasteiger partial charge is 0.0797 e. The highest BCUT2D eigenvalue weighted by atomic mass is 32.1. The Morgan fingerprint density at radius 3 is 2.89 bits per heavy atom. The number of nitrogens with zero attached hydrogens (tertiary/aromatic N) is 2. The highest BCUT2D eigenvalue weighted by Gasteiger charge is 2.01. The SMILES string of the molecule is CCc1nnsc1CN. The Labute approximate surface area is 58.1 Å². The van der Waals surface area contributed by atoms with Crippen molar-refractivity contribution in [3.8, 4) is 0 Å². The van der Waals surface area contributed by atoms with E-state index in [9.17, 15) is 0 Å². The van der Waals surface area contributed by atoms with Gasteiger partial charge in [-0.15, -0.1) is 5.10 Å². The second kappa shape index (κ2) is 2.89. The van der Waals surface area contributed by atoms with E-state index in [0.29, 0.717) is 6.54 Å². The van der Waals surface area contributed by atoms with Gasteiger partial charge in [-0.2, -0.15) is 0 Å². The Balaban J connectivity index is 2.85. The minimum atomic E-state index is 0.570. The summed E-state index contributed by atoms with van der Waals surface area (Å²) < 4.78 is 3.78. The second-order valence-corrected chi connectivity index (χ2v) is 2.54. The molecule has 0 spiro atoms. The monoisotopic (exact) mass is 143 g/mol. The fourth-order valence-corrected chi connectivity index (χ4v) is 1.25. The molecule has 0 aliphatic heterocycles. The molecule has 0 aromatic carbocycles. The summed E-state index contributed by atoms with van der Waals surface area (Å²) in [4.78, 5) is 1.11. The molecule has 1 rings (SSSR count). The lowest BCUT2D eigenvalue weighted by Gasteiger charge is -1.88. The molecular formula is C5H9N3S. The molecule has 4 heteroatoms. The van der Waals surface area contributed by atoms with Gasteiger partial charge in [0.1, 0.15) is 0 Å². The first kappa shape index (κ1) is 6.64. The third-order valence-electron chi connectivity index (χ3n) is 1.15. The van der Waals surface area contributed by atoms with Gasteiger partial charge in [0.15, 0.2) is 0 Å². The first-order chi connectivity index (χ1) is 4.38. The van der Waals surface area contributed by atoms with E-state index >= 15 is 0 Å². The Kier molecular flexibility index (Phi) is 2.13. The molecule has 0 aliphatic rings. The van der Waals surface area contributed by atoms with Crippen LogP contribution in [0.4, 0.5) is 0 Å². The van der Waals surface area contributed by atoms with Crippen LogP contribution in [0.25, 0.3) is 0 Å². The summed E-state index contributed by atoms with van der Waals surface area (Å²) >= 11 is 1.39. The Morgan fingerprint density at radius 1 is 1.67 bits per heavy atom. The summed E-state index contributed by atoms with van der Waals surface area (Å²) in [5.74, 6) is 0. The van der Waals surface area contributed by atoms with Crippen LogP contribution in [0.3, 0.4) is 0 Å². The van der Waals surface area contributed by atoms with Crippen LogP contribution >= 0.6 is 11.5 Å². The van der Waals surface area contributed by atoms with Crippen LogP contribution in [0.15, 0.2) is 0 Å². The zero-order chi connectivity index (χ0) is 6.69. The molecule has 0 aliphatic carbocycles.